The van der Waals surface area contributed by atoms with Crippen molar-refractivity contribution in [3.05, 3.63) is 128 Å². The van der Waals surface area contributed by atoms with Crippen molar-refractivity contribution in [3.8, 4) is 17.1 Å². The Morgan fingerprint density at radius 1 is 1.00 bits per heavy atom. The third kappa shape index (κ3) is 7.30. The first-order valence-electron chi connectivity index (χ1n) is 16.9. The van der Waals surface area contributed by atoms with Crippen molar-refractivity contribution in [1.29, 1.82) is 0 Å². The molecule has 19 heteroatoms. The van der Waals surface area contributed by atoms with Crippen LogP contribution >= 0.6 is 15.9 Å². The average molecular weight is 844 g/mol. The van der Waals surface area contributed by atoms with Crippen LogP contribution in [-0.2, 0) is 32.4 Å². The summed E-state index contributed by atoms with van der Waals surface area (Å²) < 4.78 is 83.8. The second-order valence-electron chi connectivity index (χ2n) is 13.0. The summed E-state index contributed by atoms with van der Waals surface area (Å²) in [5, 5.41) is 16.7. The molecule has 3 aromatic carbocycles. The minimum absolute atomic E-state index is 0.0580. The van der Waals surface area contributed by atoms with Gasteiger partial charge in [0.1, 0.15) is 5.69 Å². The van der Waals surface area contributed by atoms with Crippen LogP contribution in [0.3, 0.4) is 0 Å². The summed E-state index contributed by atoms with van der Waals surface area (Å²) in [5.74, 6) is -1.11. The van der Waals surface area contributed by atoms with Gasteiger partial charge in [0.05, 0.1) is 41.7 Å². The Hall–Kier alpha value is -5.82. The molecule has 1 aliphatic rings. The molecule has 3 aromatic heterocycles. The van der Waals surface area contributed by atoms with E-state index in [1.54, 1.807) is 49.6 Å². The summed E-state index contributed by atoms with van der Waals surface area (Å²) in [6, 6.07) is 15.3. The second-order valence-corrected chi connectivity index (χ2v) is 13.9. The SMILES string of the molecule is C[C@@H]1Cn2c(c(C(=O)NCc3ccccc3-c3ncccn3)n(-c3ccc4c(cnn4C[C@@H](O)C(F)(F)F)c3)c2=O)CN1C(=O)c1ccc(Br)c(C(F)(F)F)c1. The Balaban J connectivity index is 1.30. The van der Waals surface area contributed by atoms with Gasteiger partial charge in [0.15, 0.2) is 11.9 Å². The first-order valence-corrected chi connectivity index (χ1v) is 17.7. The molecule has 0 unspecified atom stereocenters. The molecule has 290 valence electrons. The van der Waals surface area contributed by atoms with Gasteiger partial charge < -0.3 is 15.3 Å². The number of hydrogen-bond acceptors (Lipinski definition) is 7. The molecule has 0 fully saturated rings. The van der Waals surface area contributed by atoms with Gasteiger partial charge in [-0.25, -0.2) is 14.8 Å². The largest absolute Gasteiger partial charge is 0.417 e. The maximum atomic E-state index is 14.3. The summed E-state index contributed by atoms with van der Waals surface area (Å²) in [6.07, 6.45) is -7.96. The Kier molecular flexibility index (Phi) is 10.1. The van der Waals surface area contributed by atoms with E-state index >= 15 is 0 Å². The Bertz CT molecular complexity index is 2530. The van der Waals surface area contributed by atoms with E-state index in [0.29, 0.717) is 17.0 Å². The van der Waals surface area contributed by atoms with E-state index in [1.807, 2.05) is 0 Å². The molecule has 12 nitrogen and oxygen atoms in total. The maximum absolute atomic E-state index is 14.3. The van der Waals surface area contributed by atoms with Crippen LogP contribution in [0.1, 0.15) is 44.6 Å². The fraction of sp³-hybridized carbons (Fsp3) is 0.243. The first kappa shape index (κ1) is 38.5. The topological polar surface area (TPSA) is 140 Å². The van der Waals surface area contributed by atoms with Crippen LogP contribution in [0.15, 0.2) is 94.6 Å². The number of halogens is 7. The lowest BCUT2D eigenvalue weighted by molar-refractivity contribution is -0.207. The molecule has 0 bridgehead atoms. The average Bonchev–Trinajstić information content (AvgIpc) is 3.69. The molecule has 2 N–H and O–H groups in total. The Labute approximate surface area is 321 Å². The van der Waals surface area contributed by atoms with Gasteiger partial charge in [-0.2, -0.15) is 31.4 Å². The molecular formula is C37H29BrF6N8O4. The molecule has 6 aromatic rings. The molecule has 0 radical (unpaired) electrons. The summed E-state index contributed by atoms with van der Waals surface area (Å²) in [5.41, 5.74) is -0.476. The highest BCUT2D eigenvalue weighted by atomic mass is 79.9. The zero-order valence-corrected chi connectivity index (χ0v) is 30.6. The number of benzene rings is 3. The van der Waals surface area contributed by atoms with Crippen molar-refractivity contribution in [1.82, 2.24) is 39.1 Å². The van der Waals surface area contributed by atoms with Crippen LogP contribution in [-0.4, -0.2) is 69.0 Å². The van der Waals surface area contributed by atoms with Crippen molar-refractivity contribution < 1.29 is 41.0 Å². The fourth-order valence-corrected chi connectivity index (χ4v) is 7.09. The molecule has 0 saturated carbocycles. The summed E-state index contributed by atoms with van der Waals surface area (Å²) >= 11 is 2.89. The van der Waals surface area contributed by atoms with E-state index in [1.165, 1.54) is 39.9 Å². The number of alkyl halides is 6. The normalized spacial score (nSPS) is 15.2. The second kappa shape index (κ2) is 14.7. The standard InChI is InChI=1S/C37H29BrF6N8O4/c1-20-17-50-29(18-49(20)34(55)21-7-9-27(38)26(14-21)36(39,40)41)31(33(54)47-15-22-5-2-3-6-25(22)32-45-11-4-12-46-32)52(35(50)56)24-8-10-28-23(13-24)16-48-51(28)19-30(53)37(42,43)44/h2-14,16,20,30,53H,15,17-19H2,1H3,(H,47,54)/t20-,30-/m1/s1. The van der Waals surface area contributed by atoms with Crippen molar-refractivity contribution in [3.63, 3.8) is 0 Å². The van der Waals surface area contributed by atoms with Gasteiger partial charge in [-0.05, 0) is 55.0 Å². The maximum Gasteiger partial charge on any atom is 0.417 e. The van der Waals surface area contributed by atoms with Crippen LogP contribution in [0.2, 0.25) is 0 Å². The summed E-state index contributed by atoms with van der Waals surface area (Å²) in [4.78, 5) is 52.3. The molecule has 2 atom stereocenters. The lowest BCUT2D eigenvalue weighted by Crippen LogP contribution is -2.47. The number of aromatic nitrogens is 6. The quantitative estimate of drug-likeness (QED) is 0.176. The number of nitrogens with one attached hydrogen (secondary N) is 1. The van der Waals surface area contributed by atoms with Crippen molar-refractivity contribution in [2.75, 3.05) is 0 Å². The predicted octanol–water partition coefficient (Wildman–Crippen LogP) is 6.12. The molecule has 7 rings (SSSR count). The van der Waals surface area contributed by atoms with Gasteiger partial charge in [-0.15, -0.1) is 0 Å². The molecule has 56 heavy (non-hydrogen) atoms. The summed E-state index contributed by atoms with van der Waals surface area (Å²) in [7, 11) is 0. The highest BCUT2D eigenvalue weighted by molar-refractivity contribution is 9.10. The molecule has 1 aliphatic heterocycles. The minimum Gasteiger partial charge on any atom is -0.382 e. The number of carbonyl (C=O) groups excluding carboxylic acids is 2. The highest BCUT2D eigenvalue weighted by Gasteiger charge is 2.40. The number of aliphatic hydroxyl groups is 1. The van der Waals surface area contributed by atoms with E-state index in [0.717, 1.165) is 21.4 Å². The van der Waals surface area contributed by atoms with Gasteiger partial charge in [-0.1, -0.05) is 40.2 Å². The molecule has 0 saturated heterocycles. The van der Waals surface area contributed by atoms with Gasteiger partial charge in [0, 0.05) is 52.5 Å². The number of imidazole rings is 1. The van der Waals surface area contributed by atoms with Crippen molar-refractivity contribution >= 4 is 38.6 Å². The van der Waals surface area contributed by atoms with Gasteiger partial charge >= 0.3 is 18.0 Å². The lowest BCUT2D eigenvalue weighted by Gasteiger charge is -2.34. The molecule has 4 heterocycles. The summed E-state index contributed by atoms with van der Waals surface area (Å²) in [6.45, 7) is 0.205. The lowest BCUT2D eigenvalue weighted by atomic mass is 10.1. The monoisotopic (exact) mass is 842 g/mol. The van der Waals surface area contributed by atoms with Crippen LogP contribution in [0, 0.1) is 0 Å². The van der Waals surface area contributed by atoms with Crippen LogP contribution in [0.25, 0.3) is 28.0 Å². The van der Waals surface area contributed by atoms with Gasteiger partial charge in [-0.3, -0.25) is 23.4 Å². The van der Waals surface area contributed by atoms with E-state index in [-0.39, 0.29) is 57.6 Å². The van der Waals surface area contributed by atoms with E-state index in [2.05, 4.69) is 36.3 Å². The number of rotatable bonds is 8. The minimum atomic E-state index is -4.89. The van der Waals surface area contributed by atoms with Crippen LogP contribution in [0.4, 0.5) is 26.3 Å². The number of aliphatic hydroxyl groups excluding tert-OH is 1. The fourth-order valence-electron chi connectivity index (χ4n) is 6.62. The van der Waals surface area contributed by atoms with Crippen molar-refractivity contribution in [2.24, 2.45) is 0 Å². The molecular weight excluding hydrogens is 814 g/mol. The van der Waals surface area contributed by atoms with Gasteiger partial charge in [0.2, 0.25) is 0 Å². The van der Waals surface area contributed by atoms with E-state index < -0.39 is 54.1 Å². The zero-order chi connectivity index (χ0) is 40.1. The number of carbonyl (C=O) groups is 2. The molecule has 2 amide bonds. The Morgan fingerprint density at radius 3 is 2.45 bits per heavy atom. The third-order valence-corrected chi connectivity index (χ3v) is 10.1. The smallest absolute Gasteiger partial charge is 0.382 e. The molecule has 0 spiro atoms. The first-order chi connectivity index (χ1) is 26.5. The number of fused-ring (bicyclic) bond motifs is 2. The van der Waals surface area contributed by atoms with Gasteiger partial charge in [0.25, 0.3) is 11.8 Å². The van der Waals surface area contributed by atoms with Crippen LogP contribution in [0.5, 0.6) is 0 Å². The molecule has 0 aliphatic carbocycles. The number of amides is 2. The zero-order valence-electron chi connectivity index (χ0n) is 29.0. The van der Waals surface area contributed by atoms with E-state index in [4.69, 9.17) is 0 Å². The number of hydrogen-bond donors (Lipinski definition) is 2. The van der Waals surface area contributed by atoms with Crippen LogP contribution < -0.4 is 11.0 Å². The van der Waals surface area contributed by atoms with E-state index in [9.17, 15) is 45.8 Å². The predicted molar refractivity (Wildman–Crippen MR) is 192 cm³/mol. The Morgan fingerprint density at radius 2 is 1.73 bits per heavy atom. The third-order valence-electron chi connectivity index (χ3n) is 9.41. The number of nitrogens with zero attached hydrogens (tertiary/aromatic N) is 7. The van der Waals surface area contributed by atoms with Crippen molar-refractivity contribution in [2.45, 2.75) is 57.6 Å². The highest BCUT2D eigenvalue weighted by Crippen LogP contribution is 2.36.